The molecule has 4 heterocycles. The van der Waals surface area contributed by atoms with E-state index < -0.39 is 0 Å². The van der Waals surface area contributed by atoms with Crippen LogP contribution in [0.3, 0.4) is 0 Å². The number of likely N-dealkylation sites (N-methyl/N-ethyl adjacent to an activating group) is 1. The molecule has 3 aromatic rings. The Morgan fingerprint density at radius 1 is 1.24 bits per heavy atom. The average molecular weight is 485 g/mol. The smallest absolute Gasteiger partial charge is 0.327 e. The third kappa shape index (κ3) is 4.07. The van der Waals surface area contributed by atoms with Crippen molar-refractivity contribution in [1.29, 1.82) is 0 Å². The van der Waals surface area contributed by atoms with Gasteiger partial charge in [-0.25, -0.2) is 4.79 Å². The third-order valence-electron chi connectivity index (χ3n) is 6.21. The molecule has 172 valence electrons. The van der Waals surface area contributed by atoms with Crippen LogP contribution in [0.5, 0.6) is 5.75 Å². The highest BCUT2D eigenvalue weighted by atomic mass is 35.5. The van der Waals surface area contributed by atoms with Gasteiger partial charge in [0, 0.05) is 52.8 Å². The zero-order valence-corrected chi connectivity index (χ0v) is 20.3. The first-order valence-electron chi connectivity index (χ1n) is 10.8. The highest BCUT2D eigenvalue weighted by Crippen LogP contribution is 2.42. The molecule has 3 amide bonds. The Labute approximate surface area is 201 Å². The molecule has 0 spiro atoms. The number of carbonyl (C=O) groups is 2. The maximum absolute atomic E-state index is 12.3. The number of hydrogen-bond donors (Lipinski definition) is 1. The van der Waals surface area contributed by atoms with Crippen molar-refractivity contribution in [2.75, 3.05) is 33.3 Å². The van der Waals surface area contributed by atoms with E-state index in [0.717, 1.165) is 50.6 Å². The van der Waals surface area contributed by atoms with Gasteiger partial charge in [-0.05, 0) is 36.8 Å². The number of imide groups is 1. The number of benzene rings is 1. The first-order valence-corrected chi connectivity index (χ1v) is 12.0. The fraction of sp³-hybridized carbons (Fsp3) is 0.375. The second-order valence-corrected chi connectivity index (χ2v) is 10.8. The summed E-state index contributed by atoms with van der Waals surface area (Å²) in [6.45, 7) is 7.06. The lowest BCUT2D eigenvalue weighted by Crippen LogP contribution is -2.54. The molecule has 0 radical (unpaired) electrons. The lowest BCUT2D eigenvalue weighted by molar-refractivity contribution is -0.125. The Balaban J connectivity index is 1.52. The van der Waals surface area contributed by atoms with E-state index >= 15 is 0 Å². The van der Waals surface area contributed by atoms with Gasteiger partial charge < -0.3 is 15.0 Å². The number of urea groups is 1. The maximum Gasteiger partial charge on any atom is 0.327 e. The number of halogens is 1. The minimum atomic E-state index is -0.272. The largest absolute Gasteiger partial charge is 0.492 e. The number of nitrogens with zero attached hydrogens (tertiary/aromatic N) is 3. The molecule has 9 heteroatoms. The van der Waals surface area contributed by atoms with E-state index in [1.54, 1.807) is 13.2 Å². The molecule has 1 aromatic carbocycles. The number of carbonyl (C=O) groups excluding carboxylic acids is 2. The quantitative estimate of drug-likeness (QED) is 0.528. The Hall–Kier alpha value is -2.68. The van der Waals surface area contributed by atoms with Crippen LogP contribution in [0, 0.1) is 12.3 Å². The van der Waals surface area contributed by atoms with Crippen molar-refractivity contribution in [3.05, 3.63) is 45.9 Å². The van der Waals surface area contributed by atoms with Crippen LogP contribution in [-0.4, -0.2) is 60.0 Å². The van der Waals surface area contributed by atoms with Crippen LogP contribution in [0.4, 0.5) is 4.79 Å². The first-order chi connectivity index (χ1) is 15.7. The number of thiophene rings is 1. The summed E-state index contributed by atoms with van der Waals surface area (Å²) in [5.41, 5.74) is 3.81. The maximum atomic E-state index is 12.3. The standard InChI is InChI=1S/C24H25ClN4O3S/c1-14-6-15(25)7-18(21(14)32-13-24(2)11-26-12-24)17-4-5-27-19-8-16(33-22(17)19)9-29-20(30)10-28(3)23(29)31/h4-8,26H,9-13H2,1-3H3. The molecule has 0 unspecified atom stereocenters. The van der Waals surface area contributed by atoms with E-state index in [-0.39, 0.29) is 30.4 Å². The number of pyridine rings is 1. The van der Waals surface area contributed by atoms with E-state index in [9.17, 15) is 9.59 Å². The van der Waals surface area contributed by atoms with Crippen LogP contribution in [0.15, 0.2) is 30.5 Å². The summed E-state index contributed by atoms with van der Waals surface area (Å²) in [5, 5.41) is 3.95. The average Bonchev–Trinajstić information content (AvgIpc) is 3.26. The van der Waals surface area contributed by atoms with Crippen molar-refractivity contribution < 1.29 is 14.3 Å². The summed E-state index contributed by atoms with van der Waals surface area (Å²) in [6.07, 6.45) is 1.77. The normalized spacial score (nSPS) is 17.7. The number of fused-ring (bicyclic) bond motifs is 1. The lowest BCUT2D eigenvalue weighted by atomic mass is 9.85. The number of hydrogen-bond acceptors (Lipinski definition) is 6. The van der Waals surface area contributed by atoms with Crippen molar-refractivity contribution in [2.45, 2.75) is 20.4 Å². The van der Waals surface area contributed by atoms with Crippen LogP contribution in [-0.2, 0) is 11.3 Å². The topological polar surface area (TPSA) is 74.8 Å². The Morgan fingerprint density at radius 3 is 2.70 bits per heavy atom. The molecular formula is C24H25ClN4O3S. The minimum absolute atomic E-state index is 0.115. The van der Waals surface area contributed by atoms with Crippen LogP contribution < -0.4 is 10.1 Å². The van der Waals surface area contributed by atoms with Crippen LogP contribution in [0.1, 0.15) is 17.4 Å². The molecule has 0 bridgehead atoms. The minimum Gasteiger partial charge on any atom is -0.492 e. The van der Waals surface area contributed by atoms with Gasteiger partial charge in [0.1, 0.15) is 12.3 Å². The molecular weight excluding hydrogens is 460 g/mol. The van der Waals surface area contributed by atoms with Crippen LogP contribution in [0.2, 0.25) is 5.02 Å². The summed E-state index contributed by atoms with van der Waals surface area (Å²) in [6, 6.07) is 7.49. The van der Waals surface area contributed by atoms with Gasteiger partial charge in [0.25, 0.3) is 5.91 Å². The summed E-state index contributed by atoms with van der Waals surface area (Å²) in [4.78, 5) is 32.7. The van der Waals surface area contributed by atoms with Gasteiger partial charge >= 0.3 is 6.03 Å². The number of ether oxygens (including phenoxy) is 1. The zero-order chi connectivity index (χ0) is 23.3. The van der Waals surface area contributed by atoms with Crippen molar-refractivity contribution in [1.82, 2.24) is 20.1 Å². The second-order valence-electron chi connectivity index (χ2n) is 9.21. The summed E-state index contributed by atoms with van der Waals surface area (Å²) < 4.78 is 7.35. The van der Waals surface area contributed by atoms with E-state index in [0.29, 0.717) is 11.6 Å². The monoisotopic (exact) mass is 484 g/mol. The molecule has 1 N–H and O–H groups in total. The molecule has 0 atom stereocenters. The summed E-state index contributed by atoms with van der Waals surface area (Å²) in [5.74, 6) is 0.634. The SMILES string of the molecule is Cc1cc(Cl)cc(-c2ccnc3cc(CN4C(=O)CN(C)C4=O)sc23)c1OCC1(C)CNC1. The summed E-state index contributed by atoms with van der Waals surface area (Å²) in [7, 11) is 1.63. The predicted molar refractivity (Wildman–Crippen MR) is 130 cm³/mol. The molecule has 33 heavy (non-hydrogen) atoms. The number of rotatable bonds is 6. The first kappa shape index (κ1) is 22.1. The molecule has 2 saturated heterocycles. The molecule has 7 nitrogen and oxygen atoms in total. The number of amides is 3. The van der Waals surface area contributed by atoms with Crippen LogP contribution >= 0.6 is 22.9 Å². The fourth-order valence-corrected chi connectivity index (χ4v) is 5.68. The molecule has 2 aromatic heterocycles. The van der Waals surface area contributed by atoms with Gasteiger partial charge in [-0.1, -0.05) is 18.5 Å². The highest BCUT2D eigenvalue weighted by molar-refractivity contribution is 7.19. The lowest BCUT2D eigenvalue weighted by Gasteiger charge is -2.39. The third-order valence-corrected chi connectivity index (χ3v) is 7.57. The number of nitrogens with one attached hydrogen (secondary N) is 1. The Kier molecular flexibility index (Phi) is 5.55. The van der Waals surface area contributed by atoms with E-state index in [1.165, 1.54) is 21.1 Å². The number of aryl methyl sites for hydroxylation is 1. The molecule has 2 fully saturated rings. The van der Waals surface area contributed by atoms with E-state index in [4.69, 9.17) is 16.3 Å². The fourth-order valence-electron chi connectivity index (χ4n) is 4.28. The molecule has 2 aliphatic rings. The van der Waals surface area contributed by atoms with Crippen molar-refractivity contribution >= 4 is 45.1 Å². The van der Waals surface area contributed by atoms with Gasteiger partial charge in [0.05, 0.1) is 23.4 Å². The van der Waals surface area contributed by atoms with Crippen molar-refractivity contribution in [2.24, 2.45) is 5.41 Å². The predicted octanol–water partition coefficient (Wildman–Crippen LogP) is 4.31. The Morgan fingerprint density at radius 2 is 2.03 bits per heavy atom. The van der Waals surface area contributed by atoms with E-state index in [2.05, 4.69) is 17.2 Å². The molecule has 5 rings (SSSR count). The molecule has 2 aliphatic heterocycles. The number of aromatic nitrogens is 1. The highest BCUT2D eigenvalue weighted by Gasteiger charge is 2.34. The zero-order valence-electron chi connectivity index (χ0n) is 18.8. The molecule has 0 aliphatic carbocycles. The Bertz CT molecular complexity index is 1270. The van der Waals surface area contributed by atoms with Gasteiger partial charge in [-0.3, -0.25) is 14.7 Å². The van der Waals surface area contributed by atoms with E-state index in [1.807, 2.05) is 31.2 Å². The van der Waals surface area contributed by atoms with Crippen molar-refractivity contribution in [3.8, 4) is 16.9 Å². The van der Waals surface area contributed by atoms with Gasteiger partial charge in [0.15, 0.2) is 0 Å². The molecule has 0 saturated carbocycles. The summed E-state index contributed by atoms with van der Waals surface area (Å²) >= 11 is 7.99. The van der Waals surface area contributed by atoms with Gasteiger partial charge in [0.2, 0.25) is 0 Å². The van der Waals surface area contributed by atoms with Gasteiger partial charge in [-0.15, -0.1) is 11.3 Å². The van der Waals surface area contributed by atoms with Crippen LogP contribution in [0.25, 0.3) is 21.3 Å². The second kappa shape index (κ2) is 8.27. The van der Waals surface area contributed by atoms with Gasteiger partial charge in [-0.2, -0.15) is 0 Å². The van der Waals surface area contributed by atoms with Crippen molar-refractivity contribution in [3.63, 3.8) is 0 Å².